The molecule has 0 radical (unpaired) electrons. The first-order valence-corrected chi connectivity index (χ1v) is 6.92. The van der Waals surface area contributed by atoms with Crippen LogP contribution in [0.15, 0.2) is 6.20 Å². The fraction of sp³-hybridized carbons (Fsp3) is 0.727. The third kappa shape index (κ3) is 4.01. The predicted molar refractivity (Wildman–Crippen MR) is 67.0 cm³/mol. The summed E-state index contributed by atoms with van der Waals surface area (Å²) in [4.78, 5) is 5.08. The van der Waals surface area contributed by atoms with Crippen LogP contribution in [0.25, 0.3) is 0 Å². The molecule has 1 aromatic rings. The summed E-state index contributed by atoms with van der Waals surface area (Å²) < 4.78 is 6.21. The number of halogens is 1. The van der Waals surface area contributed by atoms with Crippen molar-refractivity contribution in [1.82, 2.24) is 10.3 Å². The van der Waals surface area contributed by atoms with Gasteiger partial charge in [-0.25, -0.2) is 4.98 Å². The number of nitrogens with zero attached hydrogens (tertiary/aromatic N) is 1. The van der Waals surface area contributed by atoms with E-state index in [-0.39, 0.29) is 0 Å². The summed E-state index contributed by atoms with van der Waals surface area (Å²) in [5.74, 6) is 0.791. The van der Waals surface area contributed by atoms with Gasteiger partial charge in [-0.1, -0.05) is 11.6 Å². The van der Waals surface area contributed by atoms with Crippen molar-refractivity contribution in [2.24, 2.45) is 5.92 Å². The monoisotopic (exact) mass is 260 g/mol. The first-order valence-electron chi connectivity index (χ1n) is 5.73. The summed E-state index contributed by atoms with van der Waals surface area (Å²) in [5.41, 5.74) is 0. The lowest BCUT2D eigenvalue weighted by atomic mass is 9.97. The van der Waals surface area contributed by atoms with Gasteiger partial charge >= 0.3 is 0 Å². The van der Waals surface area contributed by atoms with Gasteiger partial charge in [0, 0.05) is 12.8 Å². The molecular weight excluding hydrogens is 244 g/mol. The second-order valence-electron chi connectivity index (χ2n) is 4.13. The van der Waals surface area contributed by atoms with Crippen LogP contribution in [0.3, 0.4) is 0 Å². The number of aromatic nitrogens is 1. The maximum atomic E-state index is 5.74. The average molecular weight is 261 g/mol. The molecule has 0 bridgehead atoms. The predicted octanol–water partition coefficient (Wildman–Crippen LogP) is 2.70. The molecule has 0 saturated carbocycles. The second kappa shape index (κ2) is 6.55. The molecule has 0 aromatic carbocycles. The largest absolute Gasteiger partial charge is 0.376 e. The summed E-state index contributed by atoms with van der Waals surface area (Å²) >= 11 is 7.23. The van der Waals surface area contributed by atoms with Crippen LogP contribution in [0, 0.1) is 5.92 Å². The quantitative estimate of drug-likeness (QED) is 0.827. The number of ether oxygens (including phenoxy) is 1. The number of hydrogen-bond donors (Lipinski definition) is 1. The Kier molecular flexibility index (Phi) is 5.03. The van der Waals surface area contributed by atoms with E-state index in [4.69, 9.17) is 16.3 Å². The van der Waals surface area contributed by atoms with E-state index in [1.807, 2.05) is 0 Å². The number of thiazole rings is 1. The minimum atomic E-state index is 0.593. The van der Waals surface area contributed by atoms with Gasteiger partial charge < -0.3 is 10.1 Å². The fourth-order valence-corrected chi connectivity index (χ4v) is 2.86. The minimum absolute atomic E-state index is 0.593. The maximum absolute atomic E-state index is 5.74. The summed E-state index contributed by atoms with van der Waals surface area (Å²) in [6, 6.07) is 0. The highest BCUT2D eigenvalue weighted by molar-refractivity contribution is 7.15. The molecule has 0 amide bonds. The fourth-order valence-electron chi connectivity index (χ4n) is 1.94. The van der Waals surface area contributed by atoms with Gasteiger partial charge in [0.2, 0.25) is 0 Å². The van der Waals surface area contributed by atoms with E-state index in [0.29, 0.717) is 11.1 Å². The van der Waals surface area contributed by atoms with Gasteiger partial charge in [0.05, 0.1) is 11.5 Å². The molecule has 1 aromatic heterocycles. The van der Waals surface area contributed by atoms with E-state index in [1.165, 1.54) is 30.7 Å². The third-order valence-electron chi connectivity index (χ3n) is 2.84. The van der Waals surface area contributed by atoms with E-state index < -0.39 is 0 Å². The Morgan fingerprint density at radius 2 is 2.56 bits per heavy atom. The Morgan fingerprint density at radius 1 is 1.62 bits per heavy atom. The molecule has 90 valence electrons. The van der Waals surface area contributed by atoms with Gasteiger partial charge in [0.15, 0.2) is 4.47 Å². The molecule has 0 spiro atoms. The lowest BCUT2D eigenvalue weighted by Crippen LogP contribution is -2.30. The van der Waals surface area contributed by atoms with Crippen LogP contribution >= 0.6 is 22.9 Å². The minimum Gasteiger partial charge on any atom is -0.376 e. The molecule has 2 heterocycles. The molecule has 16 heavy (non-hydrogen) atoms. The van der Waals surface area contributed by atoms with E-state index in [0.717, 1.165) is 30.4 Å². The Balaban J connectivity index is 1.57. The molecule has 1 aliphatic heterocycles. The highest BCUT2D eigenvalue weighted by Crippen LogP contribution is 2.19. The van der Waals surface area contributed by atoms with Gasteiger partial charge in [-0.3, -0.25) is 0 Å². The van der Waals surface area contributed by atoms with Crippen LogP contribution in [0.5, 0.6) is 0 Å². The third-order valence-corrected chi connectivity index (χ3v) is 3.93. The van der Waals surface area contributed by atoms with Crippen LogP contribution in [0.1, 0.15) is 24.1 Å². The van der Waals surface area contributed by atoms with E-state index in [1.54, 1.807) is 6.20 Å². The average Bonchev–Trinajstić information content (AvgIpc) is 2.72. The molecule has 1 N–H and O–H groups in total. The van der Waals surface area contributed by atoms with Crippen LogP contribution in [0.2, 0.25) is 4.47 Å². The molecule has 1 unspecified atom stereocenters. The van der Waals surface area contributed by atoms with Crippen LogP contribution < -0.4 is 5.32 Å². The van der Waals surface area contributed by atoms with E-state index in [2.05, 4.69) is 10.3 Å². The normalized spacial score (nSPS) is 21.2. The first kappa shape index (κ1) is 12.3. The van der Waals surface area contributed by atoms with Crippen LogP contribution in [0.4, 0.5) is 0 Å². The van der Waals surface area contributed by atoms with Crippen molar-refractivity contribution < 1.29 is 4.74 Å². The lowest BCUT2D eigenvalue weighted by molar-refractivity contribution is 0.105. The number of piperidine rings is 1. The summed E-state index contributed by atoms with van der Waals surface area (Å²) in [6.45, 7) is 3.80. The van der Waals surface area contributed by atoms with Crippen molar-refractivity contribution in [2.75, 3.05) is 19.7 Å². The van der Waals surface area contributed by atoms with Crippen molar-refractivity contribution in [3.63, 3.8) is 0 Å². The van der Waals surface area contributed by atoms with E-state index in [9.17, 15) is 0 Å². The molecular formula is C11H17ClN2OS. The Bertz CT molecular complexity index is 313. The summed E-state index contributed by atoms with van der Waals surface area (Å²) in [6.07, 6.45) is 5.58. The molecule has 5 heteroatoms. The smallest absolute Gasteiger partial charge is 0.183 e. The zero-order valence-corrected chi connectivity index (χ0v) is 10.8. The first-order chi connectivity index (χ1) is 7.84. The van der Waals surface area contributed by atoms with Crippen molar-refractivity contribution in [3.8, 4) is 0 Å². The van der Waals surface area contributed by atoms with Gasteiger partial charge in [-0.15, -0.1) is 11.3 Å². The number of hydrogen-bond acceptors (Lipinski definition) is 4. The Labute approximate surface area is 105 Å². The van der Waals surface area contributed by atoms with Crippen molar-refractivity contribution >= 4 is 22.9 Å². The lowest BCUT2D eigenvalue weighted by Gasteiger charge is -2.22. The number of nitrogens with one attached hydrogen (secondary N) is 1. The molecule has 0 aliphatic carbocycles. The van der Waals surface area contributed by atoms with Crippen LogP contribution in [-0.2, 0) is 11.3 Å². The zero-order chi connectivity index (χ0) is 11.2. The molecule has 1 saturated heterocycles. The Morgan fingerprint density at radius 3 is 3.25 bits per heavy atom. The summed E-state index contributed by atoms with van der Waals surface area (Å²) in [5, 5.41) is 3.42. The van der Waals surface area contributed by atoms with Crippen LogP contribution in [-0.4, -0.2) is 24.7 Å². The molecule has 2 rings (SSSR count). The van der Waals surface area contributed by atoms with Crippen molar-refractivity contribution in [3.05, 3.63) is 15.5 Å². The zero-order valence-electron chi connectivity index (χ0n) is 9.25. The topological polar surface area (TPSA) is 34.1 Å². The van der Waals surface area contributed by atoms with Gasteiger partial charge in [0.1, 0.15) is 0 Å². The van der Waals surface area contributed by atoms with Gasteiger partial charge in [-0.05, 0) is 38.3 Å². The van der Waals surface area contributed by atoms with Crippen molar-refractivity contribution in [1.29, 1.82) is 0 Å². The molecule has 3 nitrogen and oxygen atoms in total. The van der Waals surface area contributed by atoms with Gasteiger partial charge in [0.25, 0.3) is 0 Å². The molecule has 1 aliphatic rings. The summed E-state index contributed by atoms with van der Waals surface area (Å²) in [7, 11) is 0. The SMILES string of the molecule is Clc1ncc(COCCC2CCCNC2)s1. The second-order valence-corrected chi connectivity index (χ2v) is 5.83. The molecule has 1 atom stereocenters. The molecule has 1 fully saturated rings. The highest BCUT2D eigenvalue weighted by atomic mass is 35.5. The maximum Gasteiger partial charge on any atom is 0.183 e. The van der Waals surface area contributed by atoms with Gasteiger partial charge in [-0.2, -0.15) is 0 Å². The highest BCUT2D eigenvalue weighted by Gasteiger charge is 2.12. The van der Waals surface area contributed by atoms with Crippen molar-refractivity contribution in [2.45, 2.75) is 25.9 Å². The number of rotatable bonds is 5. The Hall–Kier alpha value is -0.160. The standard InChI is InChI=1S/C11H17ClN2OS/c12-11-14-7-10(16-11)8-15-5-3-9-2-1-4-13-6-9/h7,9,13H,1-6,8H2. The van der Waals surface area contributed by atoms with E-state index >= 15 is 0 Å².